The smallest absolute Gasteiger partial charge is 0.315 e. The van der Waals surface area contributed by atoms with Gasteiger partial charge in [-0.1, -0.05) is 26.0 Å². The van der Waals surface area contributed by atoms with Crippen LogP contribution in [0.15, 0.2) is 59.9 Å². The molecule has 34 heavy (non-hydrogen) atoms. The van der Waals surface area contributed by atoms with Gasteiger partial charge in [0, 0.05) is 40.9 Å². The molecule has 2 aliphatic heterocycles. The predicted molar refractivity (Wildman–Crippen MR) is 126 cm³/mol. The van der Waals surface area contributed by atoms with Gasteiger partial charge < -0.3 is 19.5 Å². The summed E-state index contributed by atoms with van der Waals surface area (Å²) in [4.78, 5) is 31.3. The SMILES string of the molecule is COC(=O)C1C2=C(C(=O)CC1(C)C)C(c1ccc3c(c1)OCO3)c1c(ccc3ncccc13)N2. The van der Waals surface area contributed by atoms with Gasteiger partial charge in [-0.2, -0.15) is 0 Å². The van der Waals surface area contributed by atoms with Crippen molar-refractivity contribution >= 4 is 28.3 Å². The number of carbonyl (C=O) groups is 2. The molecule has 0 fully saturated rings. The summed E-state index contributed by atoms with van der Waals surface area (Å²) in [5.74, 6) is -0.0139. The summed E-state index contributed by atoms with van der Waals surface area (Å²) in [5.41, 5.74) is 4.16. The molecule has 0 saturated heterocycles. The number of anilines is 1. The number of pyridine rings is 1. The van der Waals surface area contributed by atoms with Crippen molar-refractivity contribution in [2.45, 2.75) is 26.2 Å². The highest BCUT2D eigenvalue weighted by Gasteiger charge is 2.50. The van der Waals surface area contributed by atoms with Crippen molar-refractivity contribution in [1.82, 2.24) is 4.98 Å². The van der Waals surface area contributed by atoms with Gasteiger partial charge >= 0.3 is 5.97 Å². The molecule has 3 heterocycles. The fraction of sp³-hybridized carbons (Fsp3) is 0.296. The van der Waals surface area contributed by atoms with Crippen LogP contribution in [0.5, 0.6) is 11.5 Å². The van der Waals surface area contributed by atoms with Crippen LogP contribution in [0.4, 0.5) is 5.69 Å². The molecule has 3 aliphatic rings. The zero-order valence-corrected chi connectivity index (χ0v) is 19.2. The molecule has 2 atom stereocenters. The van der Waals surface area contributed by atoms with Crippen molar-refractivity contribution in [3.8, 4) is 11.5 Å². The number of nitrogens with zero attached hydrogens (tertiary/aromatic N) is 1. The Balaban J connectivity index is 1.66. The normalized spacial score (nSPS) is 22.1. The quantitative estimate of drug-likeness (QED) is 0.566. The largest absolute Gasteiger partial charge is 0.468 e. The Morgan fingerprint density at radius 3 is 2.79 bits per heavy atom. The maximum absolute atomic E-state index is 13.7. The van der Waals surface area contributed by atoms with Gasteiger partial charge in [0.15, 0.2) is 17.3 Å². The average Bonchev–Trinajstić information content (AvgIpc) is 3.29. The Labute approximate surface area is 196 Å². The average molecular weight is 456 g/mol. The second-order valence-electron chi connectivity index (χ2n) is 9.64. The standard InChI is InChI=1S/C27H24N2O5/c1-27(2)12-18(30)23-21(14-6-9-19-20(11-14)34-13-33-19)22-15-5-4-10-28-16(15)7-8-17(22)29-25(23)24(27)26(31)32-3/h4-11,21,24,29H,12-13H2,1-3H3. The van der Waals surface area contributed by atoms with E-state index in [1.165, 1.54) is 7.11 Å². The zero-order valence-electron chi connectivity index (χ0n) is 19.2. The van der Waals surface area contributed by atoms with Crippen molar-refractivity contribution in [1.29, 1.82) is 0 Å². The monoisotopic (exact) mass is 456 g/mol. The predicted octanol–water partition coefficient (Wildman–Crippen LogP) is 4.56. The molecule has 0 saturated carbocycles. The minimum absolute atomic E-state index is 0.0156. The molecule has 172 valence electrons. The van der Waals surface area contributed by atoms with Crippen LogP contribution in [0.25, 0.3) is 10.9 Å². The maximum atomic E-state index is 13.7. The zero-order chi connectivity index (χ0) is 23.6. The number of hydrogen-bond acceptors (Lipinski definition) is 7. The number of fused-ring (bicyclic) bond motifs is 4. The molecule has 1 aliphatic carbocycles. The van der Waals surface area contributed by atoms with E-state index in [0.29, 0.717) is 22.8 Å². The minimum Gasteiger partial charge on any atom is -0.468 e. The Morgan fingerprint density at radius 2 is 1.97 bits per heavy atom. The molecular weight excluding hydrogens is 432 g/mol. The van der Waals surface area contributed by atoms with E-state index in [1.54, 1.807) is 6.20 Å². The van der Waals surface area contributed by atoms with E-state index in [9.17, 15) is 9.59 Å². The second kappa shape index (κ2) is 7.32. The lowest BCUT2D eigenvalue weighted by atomic mass is 9.63. The molecule has 0 radical (unpaired) electrons. The third-order valence-electron chi connectivity index (χ3n) is 7.12. The first kappa shape index (κ1) is 20.7. The summed E-state index contributed by atoms with van der Waals surface area (Å²) in [5, 5.41) is 4.42. The Hall–Kier alpha value is -3.87. The highest BCUT2D eigenvalue weighted by molar-refractivity contribution is 6.06. The van der Waals surface area contributed by atoms with E-state index in [2.05, 4.69) is 10.3 Å². The van der Waals surface area contributed by atoms with Crippen molar-refractivity contribution in [2.24, 2.45) is 11.3 Å². The summed E-state index contributed by atoms with van der Waals surface area (Å²) in [7, 11) is 1.39. The number of allylic oxidation sites excluding steroid dienone is 1. The summed E-state index contributed by atoms with van der Waals surface area (Å²) >= 11 is 0. The first-order valence-corrected chi connectivity index (χ1v) is 11.3. The van der Waals surface area contributed by atoms with E-state index in [0.717, 1.165) is 27.7 Å². The van der Waals surface area contributed by atoms with Crippen LogP contribution >= 0.6 is 0 Å². The van der Waals surface area contributed by atoms with Crippen LogP contribution in [-0.2, 0) is 14.3 Å². The first-order chi connectivity index (χ1) is 16.4. The van der Waals surface area contributed by atoms with E-state index in [1.807, 2.05) is 56.3 Å². The molecule has 7 heteroatoms. The van der Waals surface area contributed by atoms with E-state index >= 15 is 0 Å². The lowest BCUT2D eigenvalue weighted by Crippen LogP contribution is -2.44. The molecule has 6 rings (SSSR count). The second-order valence-corrected chi connectivity index (χ2v) is 9.64. The number of aromatic nitrogens is 1. The topological polar surface area (TPSA) is 86.8 Å². The van der Waals surface area contributed by atoms with Crippen molar-refractivity contribution in [3.63, 3.8) is 0 Å². The summed E-state index contributed by atoms with van der Waals surface area (Å²) in [6.07, 6.45) is 2.00. The third kappa shape index (κ3) is 2.93. The number of Topliss-reactive ketones (excluding diaryl/α,β-unsaturated/α-hetero) is 1. The Kier molecular flexibility index (Phi) is 4.46. The number of nitrogens with one attached hydrogen (secondary N) is 1. The number of methoxy groups -OCH3 is 1. The van der Waals surface area contributed by atoms with Crippen LogP contribution in [0.2, 0.25) is 0 Å². The van der Waals surface area contributed by atoms with E-state index < -0.39 is 17.3 Å². The molecule has 1 aromatic heterocycles. The number of carbonyl (C=O) groups excluding carboxylic acids is 2. The molecule has 0 bridgehead atoms. The van der Waals surface area contributed by atoms with Gasteiger partial charge in [-0.25, -0.2) is 0 Å². The van der Waals surface area contributed by atoms with E-state index in [4.69, 9.17) is 14.2 Å². The molecule has 7 nitrogen and oxygen atoms in total. The summed E-state index contributed by atoms with van der Waals surface area (Å²) in [6.45, 7) is 4.04. The van der Waals surface area contributed by atoms with Crippen LogP contribution in [0.3, 0.4) is 0 Å². The van der Waals surface area contributed by atoms with Gasteiger partial charge in [0.1, 0.15) is 5.92 Å². The Morgan fingerprint density at radius 1 is 1.15 bits per heavy atom. The lowest BCUT2D eigenvalue weighted by molar-refractivity contribution is -0.148. The van der Waals surface area contributed by atoms with Crippen LogP contribution in [0, 0.1) is 11.3 Å². The van der Waals surface area contributed by atoms with Gasteiger partial charge in [-0.05, 0) is 46.9 Å². The summed E-state index contributed by atoms with van der Waals surface area (Å²) in [6, 6.07) is 13.6. The van der Waals surface area contributed by atoms with Crippen LogP contribution < -0.4 is 14.8 Å². The molecule has 1 N–H and O–H groups in total. The van der Waals surface area contributed by atoms with Gasteiger partial charge in [0.2, 0.25) is 6.79 Å². The van der Waals surface area contributed by atoms with Crippen LogP contribution in [-0.4, -0.2) is 30.6 Å². The maximum Gasteiger partial charge on any atom is 0.315 e. The van der Waals surface area contributed by atoms with Crippen molar-refractivity contribution in [3.05, 3.63) is 71.1 Å². The molecule has 3 aromatic rings. The van der Waals surface area contributed by atoms with Gasteiger partial charge in [-0.15, -0.1) is 0 Å². The van der Waals surface area contributed by atoms with Gasteiger partial charge in [0.05, 0.1) is 12.6 Å². The number of benzene rings is 2. The fourth-order valence-electron chi connectivity index (χ4n) is 5.63. The third-order valence-corrected chi connectivity index (χ3v) is 7.12. The fourth-order valence-corrected chi connectivity index (χ4v) is 5.63. The Bertz CT molecular complexity index is 1410. The number of rotatable bonds is 2. The highest BCUT2D eigenvalue weighted by Crippen LogP contribution is 2.54. The minimum atomic E-state index is -0.598. The molecule has 0 amide bonds. The number of ether oxygens (including phenoxy) is 3. The number of ketones is 1. The summed E-state index contributed by atoms with van der Waals surface area (Å²) < 4.78 is 16.4. The van der Waals surface area contributed by atoms with Crippen molar-refractivity contribution in [2.75, 3.05) is 19.2 Å². The van der Waals surface area contributed by atoms with Crippen molar-refractivity contribution < 1.29 is 23.8 Å². The molecule has 0 spiro atoms. The first-order valence-electron chi connectivity index (χ1n) is 11.3. The molecule has 2 unspecified atom stereocenters. The number of esters is 1. The lowest BCUT2D eigenvalue weighted by Gasteiger charge is -2.44. The van der Waals surface area contributed by atoms with Gasteiger partial charge in [-0.3, -0.25) is 14.6 Å². The molecular formula is C27H24N2O5. The van der Waals surface area contributed by atoms with Gasteiger partial charge in [0.25, 0.3) is 0 Å². The molecule has 2 aromatic carbocycles. The van der Waals surface area contributed by atoms with Crippen LogP contribution in [0.1, 0.15) is 37.3 Å². The van der Waals surface area contributed by atoms with E-state index in [-0.39, 0.29) is 25.0 Å². The number of hydrogen-bond donors (Lipinski definition) is 1. The highest BCUT2D eigenvalue weighted by atomic mass is 16.7.